The predicted molar refractivity (Wildman–Crippen MR) is 147 cm³/mol. The molecular weight excluding hydrogens is 562 g/mol. The van der Waals surface area contributed by atoms with Crippen molar-refractivity contribution in [2.24, 2.45) is 10.2 Å². The lowest BCUT2D eigenvalue weighted by Crippen LogP contribution is -2.27. The van der Waals surface area contributed by atoms with Crippen molar-refractivity contribution in [3.63, 3.8) is 0 Å². The molecule has 1 N–H and O–H groups in total. The number of carbonyl (C=O) groups excluding carboxylic acids is 3. The Morgan fingerprint density at radius 2 is 1.73 bits per heavy atom. The lowest BCUT2D eigenvalue weighted by molar-refractivity contribution is -0.395. The minimum atomic E-state index is -0.874. The number of benzene rings is 2. The molecule has 216 valence electrons. The highest BCUT2D eigenvalue weighted by Crippen LogP contribution is 2.42. The van der Waals surface area contributed by atoms with Crippen LogP contribution in [0.4, 0.5) is 34.1 Å². The highest BCUT2D eigenvalue weighted by Gasteiger charge is 2.25. The summed E-state index contributed by atoms with van der Waals surface area (Å²) in [5.41, 5.74) is -1.09. The number of nitriles is 1. The van der Waals surface area contributed by atoms with Crippen LogP contribution in [-0.2, 0) is 19.1 Å². The molecular formula is C24H25N7O9S. The molecule has 16 nitrogen and oxygen atoms in total. The van der Waals surface area contributed by atoms with Gasteiger partial charge in [0.2, 0.25) is 5.91 Å². The maximum Gasteiger partial charge on any atom is 0.308 e. The fourth-order valence-electron chi connectivity index (χ4n) is 3.42. The molecule has 0 fully saturated rings. The fourth-order valence-corrected chi connectivity index (χ4v) is 3.93. The molecule has 0 radical (unpaired) electrons. The third-order valence-electron chi connectivity index (χ3n) is 5.22. The van der Waals surface area contributed by atoms with Gasteiger partial charge in [-0.25, -0.2) is 0 Å². The number of thiocyanates is 1. The molecule has 0 saturated heterocycles. The number of methoxy groups -OCH3 is 1. The number of Topliss-reactive ketones (excluding diaryl/α,β-unsaturated/α-hetero) is 1. The number of ketones is 1. The minimum Gasteiger partial charge on any atom is -0.494 e. The van der Waals surface area contributed by atoms with Crippen molar-refractivity contribution in [1.29, 1.82) is 5.26 Å². The molecule has 0 aliphatic rings. The minimum absolute atomic E-state index is 0.0276. The average molecular weight is 588 g/mol. The number of nitro benzene ring substituents is 2. The van der Waals surface area contributed by atoms with Gasteiger partial charge in [0, 0.05) is 26.1 Å². The van der Waals surface area contributed by atoms with E-state index in [1.807, 2.05) is 6.92 Å². The largest absolute Gasteiger partial charge is 0.494 e. The molecule has 0 bridgehead atoms. The van der Waals surface area contributed by atoms with Crippen molar-refractivity contribution in [2.45, 2.75) is 32.1 Å². The number of azo groups is 1. The molecule has 0 heterocycles. The zero-order valence-corrected chi connectivity index (χ0v) is 23.2. The van der Waals surface area contributed by atoms with Gasteiger partial charge in [0.05, 0.1) is 40.8 Å². The maximum absolute atomic E-state index is 12.0. The first-order chi connectivity index (χ1) is 19.4. The van der Waals surface area contributed by atoms with Crippen molar-refractivity contribution in [1.82, 2.24) is 0 Å². The van der Waals surface area contributed by atoms with Gasteiger partial charge in [-0.05, 0) is 37.7 Å². The summed E-state index contributed by atoms with van der Waals surface area (Å²) in [7, 11) is 1.37. The van der Waals surface area contributed by atoms with Crippen LogP contribution in [0.2, 0.25) is 0 Å². The molecule has 2 rings (SSSR count). The van der Waals surface area contributed by atoms with E-state index in [1.54, 1.807) is 10.3 Å². The summed E-state index contributed by atoms with van der Waals surface area (Å²) in [5, 5.41) is 44.2. The number of nitrogens with zero attached hydrogens (tertiary/aromatic N) is 6. The first-order valence-corrected chi connectivity index (χ1v) is 12.6. The number of hydrogen-bond acceptors (Lipinski definition) is 14. The third kappa shape index (κ3) is 8.96. The van der Waals surface area contributed by atoms with E-state index in [4.69, 9.17) is 14.7 Å². The summed E-state index contributed by atoms with van der Waals surface area (Å²) >= 11 is 0.430. The summed E-state index contributed by atoms with van der Waals surface area (Å²) < 4.78 is 10.4. The second-order valence-corrected chi connectivity index (χ2v) is 8.96. The Kier molecular flexibility index (Phi) is 11.7. The SMILES string of the molecule is CCN(CCC(=O)OCC(C)=O)c1cc(NC(C)=O)c(N=Nc2cc(SC#N)c([N+](=O)[O-])cc2[N+](=O)[O-])cc1OC. The molecule has 0 spiro atoms. The highest BCUT2D eigenvalue weighted by atomic mass is 32.2. The van der Waals surface area contributed by atoms with E-state index in [0.29, 0.717) is 30.1 Å². The van der Waals surface area contributed by atoms with E-state index in [1.165, 1.54) is 33.1 Å². The lowest BCUT2D eigenvalue weighted by Gasteiger charge is -2.26. The van der Waals surface area contributed by atoms with E-state index in [0.717, 1.165) is 6.07 Å². The Morgan fingerprint density at radius 3 is 2.27 bits per heavy atom. The number of nitro groups is 2. The number of hydrogen-bond donors (Lipinski definition) is 1. The van der Waals surface area contributed by atoms with Crippen LogP contribution in [0.1, 0.15) is 27.2 Å². The first-order valence-electron chi connectivity index (χ1n) is 11.8. The number of thioether (sulfide) groups is 1. The molecule has 41 heavy (non-hydrogen) atoms. The monoisotopic (exact) mass is 587 g/mol. The summed E-state index contributed by atoms with van der Waals surface area (Å²) in [6.07, 6.45) is -0.0476. The predicted octanol–water partition coefficient (Wildman–Crippen LogP) is 4.81. The Hall–Kier alpha value is -5.11. The first kappa shape index (κ1) is 32.1. The number of nitrogens with one attached hydrogen (secondary N) is 1. The molecule has 1 amide bonds. The fraction of sp³-hybridized carbons (Fsp3) is 0.333. The van der Waals surface area contributed by atoms with Crippen molar-refractivity contribution < 1.29 is 33.7 Å². The average Bonchev–Trinajstić information content (AvgIpc) is 2.91. The highest BCUT2D eigenvalue weighted by molar-refractivity contribution is 8.03. The Labute approximate surface area is 237 Å². The normalized spacial score (nSPS) is 10.5. The molecule has 0 aromatic heterocycles. The number of esters is 1. The number of carbonyl (C=O) groups is 3. The van der Waals surface area contributed by atoms with Crippen LogP contribution in [0.5, 0.6) is 5.75 Å². The Morgan fingerprint density at radius 1 is 1.07 bits per heavy atom. The Bertz CT molecular complexity index is 1440. The molecule has 0 aliphatic carbocycles. The molecule has 2 aromatic rings. The van der Waals surface area contributed by atoms with Gasteiger partial charge >= 0.3 is 11.7 Å². The maximum atomic E-state index is 12.0. The molecule has 17 heteroatoms. The summed E-state index contributed by atoms with van der Waals surface area (Å²) in [6.45, 7) is 4.62. The van der Waals surface area contributed by atoms with Crippen molar-refractivity contribution in [2.75, 3.05) is 37.0 Å². The summed E-state index contributed by atoms with van der Waals surface area (Å²) in [6, 6.07) is 4.61. The van der Waals surface area contributed by atoms with Gasteiger partial charge < -0.3 is 19.7 Å². The van der Waals surface area contributed by atoms with Crippen LogP contribution in [-0.4, -0.2) is 54.3 Å². The van der Waals surface area contributed by atoms with Gasteiger partial charge in [0.15, 0.2) is 11.5 Å². The van der Waals surface area contributed by atoms with Crippen molar-refractivity contribution in [3.8, 4) is 11.2 Å². The molecule has 0 saturated carbocycles. The zero-order chi connectivity index (χ0) is 30.7. The second kappa shape index (κ2) is 14.9. The summed E-state index contributed by atoms with van der Waals surface area (Å²) in [4.78, 5) is 57.8. The number of ether oxygens (including phenoxy) is 2. The number of anilines is 2. The third-order valence-corrected chi connectivity index (χ3v) is 5.86. The van der Waals surface area contributed by atoms with Crippen LogP contribution < -0.4 is 15.0 Å². The molecule has 2 aromatic carbocycles. The van der Waals surface area contributed by atoms with Gasteiger partial charge in [-0.1, -0.05) is 0 Å². The second-order valence-electron chi connectivity index (χ2n) is 8.13. The van der Waals surface area contributed by atoms with Crippen LogP contribution in [0.25, 0.3) is 0 Å². The van der Waals surface area contributed by atoms with Crippen LogP contribution in [0.3, 0.4) is 0 Å². The van der Waals surface area contributed by atoms with Crippen LogP contribution >= 0.6 is 11.8 Å². The lowest BCUT2D eigenvalue weighted by atomic mass is 10.2. The quantitative estimate of drug-likeness (QED) is 0.0786. The molecule has 0 unspecified atom stereocenters. The zero-order valence-electron chi connectivity index (χ0n) is 22.4. The van der Waals surface area contributed by atoms with Gasteiger partial charge in [0.25, 0.3) is 5.69 Å². The topological polar surface area (TPSA) is 220 Å². The molecule has 0 aliphatic heterocycles. The van der Waals surface area contributed by atoms with Crippen LogP contribution in [0.15, 0.2) is 39.4 Å². The number of rotatable bonds is 14. The standard InChI is InChI=1S/C24H25N7O9S/c1-5-29(7-6-24(34)40-12-14(2)32)20-8-16(26-15(3)33)17(9-22(20)39-4)27-28-18-10-23(41-13-25)21(31(37)38)11-19(18)30(35)36/h8-11H,5-7,12H2,1-4H3,(H,26,33). The number of amides is 1. The van der Waals surface area contributed by atoms with E-state index in [9.17, 15) is 34.6 Å². The van der Waals surface area contributed by atoms with Crippen molar-refractivity contribution >= 4 is 63.5 Å². The van der Waals surface area contributed by atoms with Crippen LogP contribution in [0, 0.1) is 30.9 Å². The van der Waals surface area contributed by atoms with Crippen molar-refractivity contribution in [3.05, 3.63) is 44.5 Å². The van der Waals surface area contributed by atoms with Gasteiger partial charge in [-0.15, -0.1) is 10.2 Å². The Balaban J connectivity index is 2.56. The van der Waals surface area contributed by atoms with Gasteiger partial charge in [-0.3, -0.25) is 34.6 Å². The van der Waals surface area contributed by atoms with E-state index >= 15 is 0 Å². The van der Waals surface area contributed by atoms with E-state index in [-0.39, 0.29) is 53.1 Å². The van der Waals surface area contributed by atoms with Gasteiger partial charge in [-0.2, -0.15) is 5.26 Å². The van der Waals surface area contributed by atoms with E-state index < -0.39 is 33.1 Å². The molecule has 0 atom stereocenters. The van der Waals surface area contributed by atoms with Gasteiger partial charge in [0.1, 0.15) is 28.3 Å². The summed E-state index contributed by atoms with van der Waals surface area (Å²) in [5.74, 6) is -1.09. The smallest absolute Gasteiger partial charge is 0.308 e. The van der Waals surface area contributed by atoms with E-state index in [2.05, 4.69) is 15.5 Å².